The highest BCUT2D eigenvalue weighted by Gasteiger charge is 2.38. The summed E-state index contributed by atoms with van der Waals surface area (Å²) in [6, 6.07) is 7.95. The number of nitrogens with zero attached hydrogens (tertiary/aromatic N) is 2. The lowest BCUT2D eigenvalue weighted by Gasteiger charge is -2.36. The Balaban J connectivity index is 1.52. The molecule has 4 amide bonds. The number of hydrogen-bond donors (Lipinski definition) is 3. The average Bonchev–Trinajstić information content (AvgIpc) is 3.24. The van der Waals surface area contributed by atoms with Crippen molar-refractivity contribution in [3.8, 4) is 0 Å². The molecule has 1 aromatic carbocycles. The molecule has 33 heavy (non-hydrogen) atoms. The van der Waals surface area contributed by atoms with E-state index < -0.39 is 23.8 Å². The first-order valence-electron chi connectivity index (χ1n) is 11.3. The third-order valence-corrected chi connectivity index (χ3v) is 5.57. The Hall–Kier alpha value is -2.85. The molecule has 182 valence electrons. The average molecular weight is 463 g/mol. The quantitative estimate of drug-likeness (QED) is 0.574. The van der Waals surface area contributed by atoms with E-state index in [2.05, 4.69) is 10.8 Å². The molecule has 10 nitrogen and oxygen atoms in total. The van der Waals surface area contributed by atoms with E-state index in [1.54, 1.807) is 4.90 Å². The zero-order valence-electron chi connectivity index (χ0n) is 19.5. The van der Waals surface area contributed by atoms with Crippen LogP contribution in [0.1, 0.15) is 45.6 Å². The lowest BCUT2D eigenvalue weighted by atomic mass is 9.99. The lowest BCUT2D eigenvalue weighted by Crippen LogP contribution is -2.56. The summed E-state index contributed by atoms with van der Waals surface area (Å²) in [5.41, 5.74) is 2.76. The highest BCUT2D eigenvalue weighted by atomic mass is 16.7. The molecule has 0 saturated carbocycles. The number of rotatable bonds is 5. The van der Waals surface area contributed by atoms with Crippen molar-refractivity contribution in [2.24, 2.45) is 0 Å². The second-order valence-electron chi connectivity index (χ2n) is 9.50. The largest absolute Gasteiger partial charge is 0.445 e. The highest BCUT2D eigenvalue weighted by Crippen LogP contribution is 2.20. The molecular weight excluding hydrogens is 428 g/mol. The molecule has 1 aromatic rings. The second-order valence-corrected chi connectivity index (χ2v) is 9.50. The fourth-order valence-corrected chi connectivity index (χ4v) is 3.85. The zero-order valence-corrected chi connectivity index (χ0v) is 19.5. The number of β-amino-alcohol motifs (C(OH)–C–C–N with tert-alkyl or cyclic N) is 1. The van der Waals surface area contributed by atoms with Gasteiger partial charge in [0.25, 0.3) is 0 Å². The maximum absolute atomic E-state index is 13.0. The second kappa shape index (κ2) is 10.8. The van der Waals surface area contributed by atoms with Crippen molar-refractivity contribution in [1.29, 1.82) is 0 Å². The number of benzene rings is 1. The van der Waals surface area contributed by atoms with Crippen LogP contribution in [0.4, 0.5) is 9.59 Å². The molecule has 2 aliphatic rings. The number of urea groups is 1. The van der Waals surface area contributed by atoms with Gasteiger partial charge in [-0.05, 0) is 45.6 Å². The van der Waals surface area contributed by atoms with Gasteiger partial charge in [0.1, 0.15) is 12.6 Å². The number of piperidine rings is 1. The molecule has 3 atom stereocenters. The standard InChI is InChI=1S/C23H34N4O6/c1-23(2,3)33-25-21(30)26-12-11-17(13-26)24-20(29)19-10-9-18(28)14-27(19)22(31)32-15-16-7-5-4-6-8-16/h4-8,17-19,28H,9-15H2,1-3H3,(H,24,29)(H,25,30)/t17?,18-,19-/m0/s1. The minimum Gasteiger partial charge on any atom is -0.445 e. The number of aliphatic hydroxyl groups excluding tert-OH is 1. The minimum atomic E-state index is -0.733. The summed E-state index contributed by atoms with van der Waals surface area (Å²) >= 11 is 0. The number of carbonyl (C=O) groups excluding carboxylic acids is 3. The molecule has 2 saturated heterocycles. The van der Waals surface area contributed by atoms with Gasteiger partial charge >= 0.3 is 12.1 Å². The Bertz CT molecular complexity index is 828. The molecular formula is C23H34N4O6. The number of aliphatic hydroxyl groups is 1. The van der Waals surface area contributed by atoms with Crippen LogP contribution in [0.3, 0.4) is 0 Å². The van der Waals surface area contributed by atoms with Gasteiger partial charge in [0.05, 0.1) is 18.2 Å². The molecule has 0 spiro atoms. The number of carbonyl (C=O) groups is 3. The Morgan fingerprint density at radius 1 is 1.09 bits per heavy atom. The van der Waals surface area contributed by atoms with Gasteiger partial charge < -0.3 is 20.1 Å². The number of amides is 4. The smallest absolute Gasteiger partial charge is 0.410 e. The van der Waals surface area contributed by atoms with Crippen LogP contribution in [0, 0.1) is 0 Å². The molecule has 2 aliphatic heterocycles. The Kier molecular flexibility index (Phi) is 8.15. The number of hydrogen-bond acceptors (Lipinski definition) is 6. The van der Waals surface area contributed by atoms with E-state index in [0.717, 1.165) is 5.56 Å². The van der Waals surface area contributed by atoms with Crippen LogP contribution >= 0.6 is 0 Å². The predicted molar refractivity (Wildman–Crippen MR) is 120 cm³/mol. The van der Waals surface area contributed by atoms with Crippen LogP contribution in [-0.4, -0.2) is 76.4 Å². The Morgan fingerprint density at radius 3 is 2.52 bits per heavy atom. The molecule has 1 unspecified atom stereocenters. The molecule has 0 aliphatic carbocycles. The first-order valence-corrected chi connectivity index (χ1v) is 11.3. The van der Waals surface area contributed by atoms with E-state index in [4.69, 9.17) is 9.57 Å². The van der Waals surface area contributed by atoms with Gasteiger partial charge in [0, 0.05) is 19.1 Å². The highest BCUT2D eigenvalue weighted by molar-refractivity contribution is 5.86. The summed E-state index contributed by atoms with van der Waals surface area (Å²) in [7, 11) is 0. The molecule has 2 heterocycles. The van der Waals surface area contributed by atoms with Crippen LogP contribution in [0.25, 0.3) is 0 Å². The van der Waals surface area contributed by atoms with Crippen molar-refractivity contribution in [1.82, 2.24) is 20.6 Å². The normalized spacial score (nSPS) is 23.2. The van der Waals surface area contributed by atoms with Gasteiger partial charge in [-0.2, -0.15) is 0 Å². The van der Waals surface area contributed by atoms with Crippen molar-refractivity contribution >= 4 is 18.0 Å². The van der Waals surface area contributed by atoms with E-state index in [1.165, 1.54) is 4.90 Å². The number of likely N-dealkylation sites (tertiary alicyclic amines) is 2. The van der Waals surface area contributed by atoms with E-state index in [9.17, 15) is 19.5 Å². The van der Waals surface area contributed by atoms with Crippen LogP contribution in [0.5, 0.6) is 0 Å². The number of ether oxygens (including phenoxy) is 1. The van der Waals surface area contributed by atoms with Crippen LogP contribution in [-0.2, 0) is 21.0 Å². The molecule has 3 N–H and O–H groups in total. The first kappa shape index (κ1) is 24.8. The summed E-state index contributed by atoms with van der Waals surface area (Å²) in [4.78, 5) is 46.2. The van der Waals surface area contributed by atoms with Crippen LogP contribution in [0.15, 0.2) is 30.3 Å². The summed E-state index contributed by atoms with van der Waals surface area (Å²) in [6.07, 6.45) is 0.0205. The van der Waals surface area contributed by atoms with Crippen molar-refractivity contribution in [2.45, 2.75) is 70.4 Å². The van der Waals surface area contributed by atoms with Crippen LogP contribution < -0.4 is 10.8 Å². The minimum absolute atomic E-state index is 0.0368. The summed E-state index contributed by atoms with van der Waals surface area (Å²) in [5.74, 6) is -0.309. The molecule has 3 rings (SSSR count). The Labute approximate surface area is 194 Å². The van der Waals surface area contributed by atoms with E-state index in [-0.39, 0.29) is 31.1 Å². The molecule has 0 bridgehead atoms. The third-order valence-electron chi connectivity index (χ3n) is 5.57. The molecule has 10 heteroatoms. The van der Waals surface area contributed by atoms with Crippen molar-refractivity contribution in [3.63, 3.8) is 0 Å². The zero-order chi connectivity index (χ0) is 24.0. The summed E-state index contributed by atoms with van der Waals surface area (Å²) in [5, 5.41) is 13.0. The summed E-state index contributed by atoms with van der Waals surface area (Å²) in [6.45, 7) is 6.45. The maximum atomic E-state index is 13.0. The maximum Gasteiger partial charge on any atom is 0.410 e. The monoisotopic (exact) mass is 462 g/mol. The van der Waals surface area contributed by atoms with Gasteiger partial charge in [-0.1, -0.05) is 30.3 Å². The summed E-state index contributed by atoms with van der Waals surface area (Å²) < 4.78 is 5.39. The number of nitrogens with one attached hydrogen (secondary N) is 2. The predicted octanol–water partition coefficient (Wildman–Crippen LogP) is 1.78. The number of hydroxylamine groups is 1. The molecule has 0 aromatic heterocycles. The van der Waals surface area contributed by atoms with Gasteiger partial charge in [0.2, 0.25) is 5.91 Å². The first-order chi connectivity index (χ1) is 15.6. The van der Waals surface area contributed by atoms with Crippen LogP contribution in [0.2, 0.25) is 0 Å². The molecule has 0 radical (unpaired) electrons. The van der Waals surface area contributed by atoms with E-state index in [1.807, 2.05) is 51.1 Å². The van der Waals surface area contributed by atoms with E-state index >= 15 is 0 Å². The van der Waals surface area contributed by atoms with Crippen molar-refractivity contribution in [3.05, 3.63) is 35.9 Å². The Morgan fingerprint density at radius 2 is 1.82 bits per heavy atom. The lowest BCUT2D eigenvalue weighted by molar-refractivity contribution is -0.129. The van der Waals surface area contributed by atoms with Gasteiger partial charge in [0.15, 0.2) is 0 Å². The van der Waals surface area contributed by atoms with Gasteiger partial charge in [-0.3, -0.25) is 14.5 Å². The van der Waals surface area contributed by atoms with E-state index in [0.29, 0.717) is 32.4 Å². The SMILES string of the molecule is CC(C)(C)ONC(=O)N1CCC(NC(=O)[C@@H]2CC[C@H](O)CN2C(=O)OCc2ccccc2)C1. The fourth-order valence-electron chi connectivity index (χ4n) is 3.85. The van der Waals surface area contributed by atoms with Crippen molar-refractivity contribution < 1.29 is 29.1 Å². The molecule has 2 fully saturated rings. The van der Waals surface area contributed by atoms with Gasteiger partial charge in [-0.25, -0.2) is 15.1 Å². The van der Waals surface area contributed by atoms with Crippen molar-refractivity contribution in [2.75, 3.05) is 19.6 Å². The third kappa shape index (κ3) is 7.33. The fraction of sp³-hybridized carbons (Fsp3) is 0.609. The topological polar surface area (TPSA) is 120 Å². The van der Waals surface area contributed by atoms with Gasteiger partial charge in [-0.15, -0.1) is 0 Å².